The molecular formula is C20H26FN5O2. The van der Waals surface area contributed by atoms with E-state index in [1.165, 1.54) is 6.07 Å². The zero-order valence-electron chi connectivity index (χ0n) is 16.6. The summed E-state index contributed by atoms with van der Waals surface area (Å²) in [4.78, 5) is 21.2. The fourth-order valence-corrected chi connectivity index (χ4v) is 4.30. The Morgan fingerprint density at radius 2 is 2.07 bits per heavy atom. The number of aromatic nitrogens is 3. The molecular weight excluding hydrogens is 361 g/mol. The first kappa shape index (κ1) is 18.9. The Balaban J connectivity index is 1.54. The van der Waals surface area contributed by atoms with Crippen molar-refractivity contribution in [3.8, 4) is 0 Å². The Morgan fingerprint density at radius 1 is 1.25 bits per heavy atom. The average Bonchev–Trinajstić information content (AvgIpc) is 2.84. The van der Waals surface area contributed by atoms with Crippen LogP contribution in [0.25, 0.3) is 0 Å². The molecule has 8 heteroatoms. The first-order chi connectivity index (χ1) is 13.5. The second-order valence-electron chi connectivity index (χ2n) is 7.57. The summed E-state index contributed by atoms with van der Waals surface area (Å²) in [7, 11) is 1.86. The third kappa shape index (κ3) is 3.37. The molecule has 1 amide bonds. The minimum Gasteiger partial charge on any atom is -0.369 e. The number of halogens is 1. The number of hydrogen-bond donors (Lipinski definition) is 0. The molecule has 2 atom stereocenters. The number of hydrogen-bond acceptors (Lipinski definition) is 5. The Bertz CT molecular complexity index is 883. The minimum atomic E-state index is -0.330. The normalized spacial score (nSPS) is 22.7. The van der Waals surface area contributed by atoms with E-state index < -0.39 is 0 Å². The van der Waals surface area contributed by atoms with E-state index in [4.69, 9.17) is 4.74 Å². The van der Waals surface area contributed by atoms with Crippen molar-refractivity contribution in [2.45, 2.75) is 38.9 Å². The van der Waals surface area contributed by atoms with E-state index in [2.05, 4.69) is 10.1 Å². The monoisotopic (exact) mass is 387 g/mol. The maximum Gasteiger partial charge on any atom is 0.274 e. The van der Waals surface area contributed by atoms with E-state index in [1.807, 2.05) is 30.7 Å². The first-order valence-electron chi connectivity index (χ1n) is 9.81. The minimum absolute atomic E-state index is 0.0542. The predicted molar refractivity (Wildman–Crippen MR) is 103 cm³/mol. The molecule has 0 N–H and O–H groups in total. The highest BCUT2D eigenvalue weighted by molar-refractivity contribution is 5.94. The number of pyridine rings is 1. The summed E-state index contributed by atoms with van der Waals surface area (Å²) in [6.07, 6.45) is 3.02. The van der Waals surface area contributed by atoms with Crippen molar-refractivity contribution in [3.63, 3.8) is 0 Å². The summed E-state index contributed by atoms with van der Waals surface area (Å²) in [5.41, 5.74) is 2.50. The van der Waals surface area contributed by atoms with Gasteiger partial charge in [-0.2, -0.15) is 5.10 Å². The van der Waals surface area contributed by atoms with Crippen LogP contribution in [0.5, 0.6) is 0 Å². The lowest BCUT2D eigenvalue weighted by Gasteiger charge is -2.27. The highest BCUT2D eigenvalue weighted by Crippen LogP contribution is 2.32. The number of carbonyl (C=O) groups excluding carboxylic acids is 1. The molecule has 2 aromatic rings. The van der Waals surface area contributed by atoms with E-state index in [0.717, 1.165) is 17.7 Å². The van der Waals surface area contributed by atoms with Crippen molar-refractivity contribution in [2.75, 3.05) is 31.1 Å². The molecule has 2 aliphatic heterocycles. The molecule has 7 nitrogen and oxygen atoms in total. The summed E-state index contributed by atoms with van der Waals surface area (Å²) in [6.45, 7) is 6.37. The molecule has 4 heterocycles. The molecule has 0 aliphatic carbocycles. The highest BCUT2D eigenvalue weighted by Gasteiger charge is 2.33. The van der Waals surface area contributed by atoms with Crippen molar-refractivity contribution in [1.82, 2.24) is 19.7 Å². The second-order valence-corrected chi connectivity index (χ2v) is 7.57. The number of nitrogens with zero attached hydrogens (tertiary/aromatic N) is 5. The van der Waals surface area contributed by atoms with Gasteiger partial charge >= 0.3 is 0 Å². The topological polar surface area (TPSA) is 63.5 Å². The number of aryl methyl sites for hydroxylation is 1. The number of fused-ring (bicyclic) bond motifs is 1. The molecule has 2 aliphatic rings. The van der Waals surface area contributed by atoms with Crippen LogP contribution >= 0.6 is 0 Å². The van der Waals surface area contributed by atoms with Gasteiger partial charge in [0.15, 0.2) is 17.3 Å². The third-order valence-electron chi connectivity index (χ3n) is 5.53. The summed E-state index contributed by atoms with van der Waals surface area (Å²) in [5.74, 6) is -0.0302. The van der Waals surface area contributed by atoms with Crippen molar-refractivity contribution in [2.24, 2.45) is 7.05 Å². The standard InChI is InChI=1S/C20H26FN5O2/c1-13-12-15-17(23-24(3)18(15)14(2)28-13)20(27)26-9-5-8-25(10-11-26)19-16(21)6-4-7-22-19/h4,6-7,13-14H,5,8-12H2,1-3H3/t13-,14+/m1/s1. The molecule has 2 aromatic heterocycles. The van der Waals surface area contributed by atoms with E-state index in [9.17, 15) is 9.18 Å². The molecule has 0 radical (unpaired) electrons. The molecule has 0 bridgehead atoms. The number of amides is 1. The van der Waals surface area contributed by atoms with Crippen LogP contribution in [-0.4, -0.2) is 57.9 Å². The predicted octanol–water partition coefficient (Wildman–Crippen LogP) is 2.33. The number of anilines is 1. The maximum absolute atomic E-state index is 14.1. The number of ether oxygens (including phenoxy) is 1. The van der Waals surface area contributed by atoms with Gasteiger partial charge < -0.3 is 14.5 Å². The van der Waals surface area contributed by atoms with Gasteiger partial charge in [0.1, 0.15) is 0 Å². The second kappa shape index (κ2) is 7.50. The van der Waals surface area contributed by atoms with Gasteiger partial charge in [0.05, 0.1) is 17.9 Å². The van der Waals surface area contributed by atoms with E-state index in [-0.39, 0.29) is 23.9 Å². The fourth-order valence-electron chi connectivity index (χ4n) is 4.30. The molecule has 0 spiro atoms. The summed E-state index contributed by atoms with van der Waals surface area (Å²) in [6, 6.07) is 3.00. The highest BCUT2D eigenvalue weighted by atomic mass is 19.1. The van der Waals surface area contributed by atoms with Crippen LogP contribution in [0.2, 0.25) is 0 Å². The third-order valence-corrected chi connectivity index (χ3v) is 5.53. The molecule has 28 heavy (non-hydrogen) atoms. The Hall–Kier alpha value is -2.48. The van der Waals surface area contributed by atoms with Crippen molar-refractivity contribution < 1.29 is 13.9 Å². The molecule has 0 aromatic carbocycles. The molecule has 1 fully saturated rings. The number of carbonyl (C=O) groups is 1. The zero-order chi connectivity index (χ0) is 19.8. The van der Waals surface area contributed by atoms with Crippen LogP contribution in [0, 0.1) is 5.82 Å². The van der Waals surface area contributed by atoms with Crippen molar-refractivity contribution in [1.29, 1.82) is 0 Å². The summed E-state index contributed by atoms with van der Waals surface area (Å²) < 4.78 is 21.7. The molecule has 1 saturated heterocycles. The summed E-state index contributed by atoms with van der Waals surface area (Å²) >= 11 is 0. The maximum atomic E-state index is 14.1. The lowest BCUT2D eigenvalue weighted by molar-refractivity contribution is -0.00906. The largest absolute Gasteiger partial charge is 0.369 e. The molecule has 4 rings (SSSR count). The van der Waals surface area contributed by atoms with Crippen LogP contribution in [0.3, 0.4) is 0 Å². The van der Waals surface area contributed by atoms with Gasteiger partial charge in [-0.25, -0.2) is 9.37 Å². The van der Waals surface area contributed by atoms with Gasteiger partial charge in [-0.1, -0.05) is 0 Å². The lowest BCUT2D eigenvalue weighted by Crippen LogP contribution is -2.36. The van der Waals surface area contributed by atoms with Gasteiger partial charge in [0.2, 0.25) is 0 Å². The first-order valence-corrected chi connectivity index (χ1v) is 9.81. The van der Waals surface area contributed by atoms with Crippen LogP contribution in [0.4, 0.5) is 10.2 Å². The average molecular weight is 387 g/mol. The van der Waals surface area contributed by atoms with Gasteiger partial charge in [-0.05, 0) is 32.4 Å². The van der Waals surface area contributed by atoms with Crippen LogP contribution in [0.1, 0.15) is 48.1 Å². The number of rotatable bonds is 2. The van der Waals surface area contributed by atoms with Crippen molar-refractivity contribution in [3.05, 3.63) is 41.1 Å². The van der Waals surface area contributed by atoms with Gasteiger partial charge in [0, 0.05) is 51.4 Å². The Labute approximate surface area is 164 Å². The van der Waals surface area contributed by atoms with Crippen LogP contribution in [-0.2, 0) is 18.2 Å². The van der Waals surface area contributed by atoms with Crippen LogP contribution in [0.15, 0.2) is 18.3 Å². The SMILES string of the molecule is C[C@@H]1Cc2c(C(=O)N3CCCN(c4ncccc4F)CC3)nn(C)c2[C@H](C)O1. The lowest BCUT2D eigenvalue weighted by atomic mass is 9.99. The van der Waals surface area contributed by atoms with E-state index in [0.29, 0.717) is 44.1 Å². The van der Waals surface area contributed by atoms with E-state index in [1.54, 1.807) is 16.9 Å². The van der Waals surface area contributed by atoms with Gasteiger partial charge in [0.25, 0.3) is 5.91 Å². The molecule has 0 saturated carbocycles. The Kier molecular flexibility index (Phi) is 5.05. The Morgan fingerprint density at radius 3 is 2.86 bits per heavy atom. The van der Waals surface area contributed by atoms with E-state index >= 15 is 0 Å². The van der Waals surface area contributed by atoms with Crippen LogP contribution < -0.4 is 4.90 Å². The van der Waals surface area contributed by atoms with Crippen molar-refractivity contribution >= 4 is 11.7 Å². The van der Waals surface area contributed by atoms with Gasteiger partial charge in [-0.15, -0.1) is 0 Å². The molecule has 0 unspecified atom stereocenters. The smallest absolute Gasteiger partial charge is 0.274 e. The fraction of sp³-hybridized carbons (Fsp3) is 0.550. The molecule has 150 valence electrons. The quantitative estimate of drug-likeness (QED) is 0.791. The summed E-state index contributed by atoms with van der Waals surface area (Å²) in [5, 5.41) is 4.53. The zero-order valence-corrected chi connectivity index (χ0v) is 16.6. The van der Waals surface area contributed by atoms with Gasteiger partial charge in [-0.3, -0.25) is 9.48 Å².